The van der Waals surface area contributed by atoms with Crippen LogP contribution in [0.2, 0.25) is 0 Å². The van der Waals surface area contributed by atoms with Crippen LogP contribution in [0, 0.1) is 23.2 Å². The van der Waals surface area contributed by atoms with E-state index in [2.05, 4.69) is 34.6 Å². The van der Waals surface area contributed by atoms with Crippen molar-refractivity contribution >= 4 is 0 Å². The van der Waals surface area contributed by atoms with E-state index < -0.39 is 0 Å². The second-order valence-corrected chi connectivity index (χ2v) is 4.48. The minimum atomic E-state index is 0.619. The van der Waals surface area contributed by atoms with Crippen LogP contribution in [0.4, 0.5) is 0 Å². The van der Waals surface area contributed by atoms with Gasteiger partial charge in [-0.1, -0.05) is 110 Å². The van der Waals surface area contributed by atoms with E-state index in [-0.39, 0.29) is 0 Å². The molecule has 0 radical (unpaired) electrons. The van der Waals surface area contributed by atoms with Crippen LogP contribution in [0.15, 0.2) is 0 Å². The quantitative estimate of drug-likeness (QED) is 0.454. The van der Waals surface area contributed by atoms with E-state index in [4.69, 9.17) is 0 Å². The Bertz CT molecular complexity index is 124. The summed E-state index contributed by atoms with van der Waals surface area (Å²) in [5.74, 6) is 2.86. The van der Waals surface area contributed by atoms with Gasteiger partial charge in [-0.25, -0.2) is 0 Å². The van der Waals surface area contributed by atoms with Gasteiger partial charge in [0.05, 0.1) is 0 Å². The first-order chi connectivity index (χ1) is 9.51. The maximum Gasteiger partial charge on any atom is -0.0295 e. The van der Waals surface area contributed by atoms with Crippen molar-refractivity contribution in [3.8, 4) is 0 Å². The molecule has 0 aromatic carbocycles. The first-order valence-electron chi connectivity index (χ1n) is 9.51. The molecule has 130 valence electrons. The Morgan fingerprint density at radius 3 is 1.00 bits per heavy atom. The molecule has 1 saturated carbocycles. The molecule has 3 atom stereocenters. The fraction of sp³-hybridized carbons (Fsp3) is 1.00. The van der Waals surface area contributed by atoms with Crippen LogP contribution >= 0.6 is 0 Å². The lowest BCUT2D eigenvalue weighted by molar-refractivity contribution is -0.0784. The Balaban J connectivity index is -0.0000000639. The lowest BCUT2D eigenvalue weighted by Crippen LogP contribution is -2.50. The van der Waals surface area contributed by atoms with E-state index >= 15 is 0 Å². The van der Waals surface area contributed by atoms with Gasteiger partial charge in [-0.2, -0.15) is 0 Å². The molecule has 3 unspecified atom stereocenters. The lowest BCUT2D eigenvalue weighted by atomic mass is 9.49. The molecule has 1 aliphatic carbocycles. The van der Waals surface area contributed by atoms with Crippen LogP contribution in [-0.4, -0.2) is 0 Å². The number of hydrogen-bond donors (Lipinski definition) is 0. The maximum atomic E-state index is 2.41. The third-order valence-corrected chi connectivity index (χ3v) is 3.99. The van der Waals surface area contributed by atoms with Gasteiger partial charge < -0.3 is 0 Å². The fourth-order valence-electron chi connectivity index (χ4n) is 2.82. The van der Waals surface area contributed by atoms with Crippen molar-refractivity contribution in [1.29, 1.82) is 0 Å². The van der Waals surface area contributed by atoms with Gasteiger partial charge in [0, 0.05) is 0 Å². The second-order valence-electron chi connectivity index (χ2n) is 4.48. The minimum absolute atomic E-state index is 0.619. The molecule has 0 bridgehead atoms. The summed E-state index contributed by atoms with van der Waals surface area (Å²) in [5.41, 5.74) is 0.619. The topological polar surface area (TPSA) is 0 Å². The molecule has 0 heterocycles. The van der Waals surface area contributed by atoms with Gasteiger partial charge in [-0.15, -0.1) is 0 Å². The average molecular weight is 291 g/mol. The van der Waals surface area contributed by atoms with Crippen molar-refractivity contribution in [2.75, 3.05) is 0 Å². The molecule has 0 aromatic heterocycles. The van der Waals surface area contributed by atoms with Crippen molar-refractivity contribution in [3.63, 3.8) is 0 Å². The largest absolute Gasteiger partial charge is 0.0683 e. The zero-order valence-corrected chi connectivity index (χ0v) is 17.9. The first-order valence-corrected chi connectivity index (χ1v) is 9.51. The monoisotopic (exact) mass is 290 g/mol. The highest BCUT2D eigenvalue weighted by molar-refractivity contribution is 4.98. The molecular formula is C20H50. The van der Waals surface area contributed by atoms with Gasteiger partial charge in [0.1, 0.15) is 0 Å². The molecule has 1 rings (SSSR count). The SMILES string of the molecule is CC.CC.CC.CC.CC.CCC1C(C)C(C)C1(C)C. The van der Waals surface area contributed by atoms with Crippen LogP contribution < -0.4 is 0 Å². The van der Waals surface area contributed by atoms with E-state index in [0.29, 0.717) is 5.41 Å². The Morgan fingerprint density at radius 1 is 0.650 bits per heavy atom. The summed E-state index contributed by atoms with van der Waals surface area (Å²) in [7, 11) is 0. The normalized spacial score (nSPS) is 23.9. The van der Waals surface area contributed by atoms with Gasteiger partial charge in [0.25, 0.3) is 0 Å². The molecule has 0 nitrogen and oxygen atoms in total. The predicted octanol–water partition coefficient (Wildman–Crippen LogP) is 8.46. The Morgan fingerprint density at radius 2 is 0.900 bits per heavy atom. The second kappa shape index (κ2) is 24.0. The predicted molar refractivity (Wildman–Crippen MR) is 103 cm³/mol. The van der Waals surface area contributed by atoms with E-state index in [1.165, 1.54) is 6.42 Å². The Hall–Kier alpha value is 0. The highest BCUT2D eigenvalue weighted by atomic mass is 14.5. The van der Waals surface area contributed by atoms with E-state index in [9.17, 15) is 0 Å². The zero-order valence-electron chi connectivity index (χ0n) is 17.9. The van der Waals surface area contributed by atoms with Crippen LogP contribution in [-0.2, 0) is 0 Å². The third-order valence-electron chi connectivity index (χ3n) is 3.99. The van der Waals surface area contributed by atoms with E-state index in [1.54, 1.807) is 0 Å². The molecule has 1 aliphatic rings. The molecule has 0 N–H and O–H groups in total. The molecule has 0 spiro atoms. The molecular weight excluding hydrogens is 240 g/mol. The van der Waals surface area contributed by atoms with Crippen molar-refractivity contribution in [1.82, 2.24) is 0 Å². The van der Waals surface area contributed by atoms with Gasteiger partial charge in [0.15, 0.2) is 0 Å². The van der Waals surface area contributed by atoms with Crippen LogP contribution in [0.1, 0.15) is 110 Å². The molecule has 0 aromatic rings. The van der Waals surface area contributed by atoms with E-state index in [0.717, 1.165) is 17.8 Å². The summed E-state index contributed by atoms with van der Waals surface area (Å²) in [4.78, 5) is 0. The van der Waals surface area contributed by atoms with Crippen molar-refractivity contribution in [3.05, 3.63) is 0 Å². The van der Waals surface area contributed by atoms with Gasteiger partial charge >= 0.3 is 0 Å². The molecule has 1 fully saturated rings. The van der Waals surface area contributed by atoms with Crippen molar-refractivity contribution in [2.24, 2.45) is 23.2 Å². The van der Waals surface area contributed by atoms with Crippen molar-refractivity contribution in [2.45, 2.75) is 110 Å². The number of hydrogen-bond acceptors (Lipinski definition) is 0. The Kier molecular flexibility index (Phi) is 38.6. The number of rotatable bonds is 1. The maximum absolute atomic E-state index is 2.41. The molecule has 0 saturated heterocycles. The summed E-state index contributed by atoms with van der Waals surface area (Å²) in [6.45, 7) is 31.9. The zero-order chi connectivity index (χ0) is 17.9. The summed E-state index contributed by atoms with van der Waals surface area (Å²) in [6, 6.07) is 0. The fourth-order valence-corrected chi connectivity index (χ4v) is 2.82. The lowest BCUT2D eigenvalue weighted by Gasteiger charge is -2.56. The minimum Gasteiger partial charge on any atom is -0.0683 e. The smallest absolute Gasteiger partial charge is 0.0295 e. The summed E-state index contributed by atoms with van der Waals surface area (Å²) in [5, 5.41) is 0. The van der Waals surface area contributed by atoms with Crippen LogP contribution in [0.25, 0.3) is 0 Å². The first kappa shape index (κ1) is 32.1. The Labute approximate surface area is 134 Å². The highest BCUT2D eigenvalue weighted by Gasteiger charge is 2.49. The van der Waals surface area contributed by atoms with Crippen molar-refractivity contribution < 1.29 is 0 Å². The molecule has 20 heavy (non-hydrogen) atoms. The van der Waals surface area contributed by atoms with E-state index in [1.807, 2.05) is 69.2 Å². The average Bonchev–Trinajstić information content (AvgIpc) is 2.56. The standard InChI is InChI=1S/C10H20.5C2H6/c1-6-9-7(2)8(3)10(9,4)5;5*1-2/h7-9H,6H2,1-5H3;5*1-2H3. The molecule has 0 heteroatoms. The van der Waals surface area contributed by atoms with Gasteiger partial charge in [-0.05, 0) is 23.2 Å². The van der Waals surface area contributed by atoms with Crippen LogP contribution in [0.5, 0.6) is 0 Å². The van der Waals surface area contributed by atoms with Gasteiger partial charge in [0.2, 0.25) is 0 Å². The summed E-state index contributed by atoms with van der Waals surface area (Å²) in [6.07, 6.45) is 1.36. The third kappa shape index (κ3) is 10.7. The van der Waals surface area contributed by atoms with Gasteiger partial charge in [-0.3, -0.25) is 0 Å². The highest BCUT2D eigenvalue weighted by Crippen LogP contribution is 2.56. The molecule has 0 aliphatic heterocycles. The molecule has 0 amide bonds. The summed E-state index contributed by atoms with van der Waals surface area (Å²) < 4.78 is 0. The summed E-state index contributed by atoms with van der Waals surface area (Å²) >= 11 is 0. The van der Waals surface area contributed by atoms with Crippen LogP contribution in [0.3, 0.4) is 0 Å².